The number of imide groups is 1. The van der Waals surface area contributed by atoms with Gasteiger partial charge in [0.1, 0.15) is 11.7 Å². The van der Waals surface area contributed by atoms with Crippen molar-refractivity contribution in [1.29, 1.82) is 0 Å². The van der Waals surface area contributed by atoms with Gasteiger partial charge in [0.2, 0.25) is 18.2 Å². The summed E-state index contributed by atoms with van der Waals surface area (Å²) in [5, 5.41) is 2.34. The first-order valence-corrected chi connectivity index (χ1v) is 12.4. The van der Waals surface area contributed by atoms with Gasteiger partial charge >= 0.3 is 0 Å². The molecular formula is C25H36FN5O3. The van der Waals surface area contributed by atoms with Crippen LogP contribution < -0.4 is 20.0 Å². The molecule has 2 heterocycles. The Morgan fingerprint density at radius 3 is 2.41 bits per heavy atom. The van der Waals surface area contributed by atoms with Crippen LogP contribution in [0.3, 0.4) is 0 Å². The van der Waals surface area contributed by atoms with Crippen LogP contribution in [0, 0.1) is 11.7 Å². The molecule has 2 aliphatic heterocycles. The fraction of sp³-hybridized carbons (Fsp3) is 0.640. The van der Waals surface area contributed by atoms with Crippen molar-refractivity contribution in [2.75, 3.05) is 61.5 Å². The number of rotatable bonds is 7. The Balaban J connectivity index is 1.50. The van der Waals surface area contributed by atoms with Crippen molar-refractivity contribution in [2.24, 2.45) is 5.92 Å². The molecule has 1 saturated carbocycles. The second-order valence-corrected chi connectivity index (χ2v) is 9.85. The number of hydrogen-bond acceptors (Lipinski definition) is 6. The van der Waals surface area contributed by atoms with Gasteiger partial charge in [-0.15, -0.1) is 0 Å². The number of piperidine rings is 1. The summed E-state index contributed by atoms with van der Waals surface area (Å²) in [6, 6.07) is 2.91. The average molecular weight is 474 g/mol. The van der Waals surface area contributed by atoms with E-state index in [4.69, 9.17) is 0 Å². The number of carbonyl (C=O) groups is 3. The molecule has 34 heavy (non-hydrogen) atoms. The van der Waals surface area contributed by atoms with Gasteiger partial charge in [0.15, 0.2) is 5.82 Å². The molecule has 9 heteroatoms. The van der Waals surface area contributed by atoms with E-state index in [1.165, 1.54) is 44.1 Å². The molecule has 8 nitrogen and oxygen atoms in total. The number of likely N-dealkylation sites (N-methyl/N-ethyl adjacent to an activating group) is 1. The average Bonchev–Trinajstić information content (AvgIpc) is 2.84. The monoisotopic (exact) mass is 473 g/mol. The summed E-state index contributed by atoms with van der Waals surface area (Å²) < 4.78 is 15.9. The predicted octanol–water partition coefficient (Wildman–Crippen LogP) is 2.36. The predicted molar refractivity (Wildman–Crippen MR) is 131 cm³/mol. The van der Waals surface area contributed by atoms with Crippen molar-refractivity contribution >= 4 is 35.3 Å². The molecule has 186 valence electrons. The normalized spacial score (nSPS) is 22.4. The zero-order valence-electron chi connectivity index (χ0n) is 20.3. The van der Waals surface area contributed by atoms with Crippen LogP contribution in [0.25, 0.3) is 0 Å². The molecule has 3 amide bonds. The largest absolute Gasteiger partial charge is 0.367 e. The van der Waals surface area contributed by atoms with Crippen molar-refractivity contribution in [1.82, 2.24) is 10.2 Å². The van der Waals surface area contributed by atoms with Gasteiger partial charge in [-0.1, -0.05) is 19.3 Å². The molecular weight excluding hydrogens is 437 g/mol. The third-order valence-corrected chi connectivity index (χ3v) is 7.60. The summed E-state index contributed by atoms with van der Waals surface area (Å²) in [7, 11) is 3.21. The summed E-state index contributed by atoms with van der Waals surface area (Å²) in [6.07, 6.45) is 7.81. The third kappa shape index (κ3) is 5.19. The first-order chi connectivity index (χ1) is 16.4. The standard InChI is InChI=1S/C25H36FN5O3/c1-28(17-32)24-20(29(2)21-10-11-22(33)27-25(21)34)9-8-19(23(24)26)31-14-12-30(13-15-31)16-18-6-4-3-5-7-18/h8-9,17-18,21H,3-7,10-16H2,1-2H3,(H,27,33,34). The summed E-state index contributed by atoms with van der Waals surface area (Å²) in [6.45, 7) is 4.39. The minimum absolute atomic E-state index is 0.143. The van der Waals surface area contributed by atoms with Crippen LogP contribution in [-0.4, -0.2) is 76.0 Å². The molecule has 1 atom stereocenters. The fourth-order valence-electron chi connectivity index (χ4n) is 5.59. The van der Waals surface area contributed by atoms with E-state index in [0.717, 1.165) is 38.6 Å². The quantitative estimate of drug-likeness (QED) is 0.484. The maximum Gasteiger partial charge on any atom is 0.249 e. The summed E-state index contributed by atoms with van der Waals surface area (Å²) in [4.78, 5) is 43.0. The van der Waals surface area contributed by atoms with Crippen LogP contribution in [0.5, 0.6) is 0 Å². The number of nitrogens with one attached hydrogen (secondary N) is 1. The van der Waals surface area contributed by atoms with Crippen molar-refractivity contribution in [3.63, 3.8) is 0 Å². The highest BCUT2D eigenvalue weighted by atomic mass is 19.1. The molecule has 0 spiro atoms. The molecule has 1 aromatic rings. The van der Waals surface area contributed by atoms with Crippen LogP contribution in [0.4, 0.5) is 21.5 Å². The molecule has 0 radical (unpaired) electrons. The van der Waals surface area contributed by atoms with Gasteiger partial charge in [-0.25, -0.2) is 4.39 Å². The van der Waals surface area contributed by atoms with E-state index in [2.05, 4.69) is 10.2 Å². The maximum absolute atomic E-state index is 15.9. The van der Waals surface area contributed by atoms with Crippen LogP contribution in [0.1, 0.15) is 44.9 Å². The van der Waals surface area contributed by atoms with Gasteiger partial charge in [0.05, 0.1) is 11.4 Å². The molecule has 2 saturated heterocycles. The number of nitrogens with zero attached hydrogens (tertiary/aromatic N) is 4. The molecule has 1 aliphatic carbocycles. The SMILES string of the molecule is CN(C=O)c1c(N(C)C2CCC(=O)NC2=O)ccc(N2CCN(CC3CCCCC3)CC2)c1F. The number of halogens is 1. The number of benzene rings is 1. The lowest BCUT2D eigenvalue weighted by Gasteiger charge is -2.39. The number of carbonyl (C=O) groups excluding carboxylic acids is 3. The van der Waals surface area contributed by atoms with Gasteiger partial charge in [-0.3, -0.25) is 24.6 Å². The van der Waals surface area contributed by atoms with Crippen LogP contribution >= 0.6 is 0 Å². The Bertz CT molecular complexity index is 912. The minimum Gasteiger partial charge on any atom is -0.367 e. The van der Waals surface area contributed by atoms with Gasteiger partial charge in [0.25, 0.3) is 0 Å². The second kappa shape index (κ2) is 10.7. The number of anilines is 3. The zero-order chi connectivity index (χ0) is 24.2. The first-order valence-electron chi connectivity index (χ1n) is 12.4. The molecule has 0 bridgehead atoms. The second-order valence-electron chi connectivity index (χ2n) is 9.85. The van der Waals surface area contributed by atoms with E-state index in [1.54, 1.807) is 24.1 Å². The number of amides is 3. The highest BCUT2D eigenvalue weighted by molar-refractivity contribution is 6.02. The Hall–Kier alpha value is -2.68. The highest BCUT2D eigenvalue weighted by Crippen LogP contribution is 2.38. The molecule has 1 unspecified atom stereocenters. The molecule has 1 N–H and O–H groups in total. The highest BCUT2D eigenvalue weighted by Gasteiger charge is 2.33. The lowest BCUT2D eigenvalue weighted by Crippen LogP contribution is -2.51. The van der Waals surface area contributed by atoms with Gasteiger partial charge < -0.3 is 14.7 Å². The first kappa shape index (κ1) is 24.4. The molecule has 4 rings (SSSR count). The van der Waals surface area contributed by atoms with E-state index in [0.29, 0.717) is 24.2 Å². The molecule has 0 aromatic heterocycles. The zero-order valence-corrected chi connectivity index (χ0v) is 20.3. The Morgan fingerprint density at radius 1 is 1.06 bits per heavy atom. The van der Waals surface area contributed by atoms with Gasteiger partial charge in [-0.2, -0.15) is 0 Å². The number of hydrogen-bond donors (Lipinski definition) is 1. The van der Waals surface area contributed by atoms with Crippen molar-refractivity contribution in [2.45, 2.75) is 51.0 Å². The molecule has 1 aromatic carbocycles. The summed E-state index contributed by atoms with van der Waals surface area (Å²) in [5.74, 6) is -0.389. The molecule has 3 aliphatic rings. The van der Waals surface area contributed by atoms with Gasteiger partial charge in [-0.05, 0) is 37.3 Å². The van der Waals surface area contributed by atoms with Crippen LogP contribution in [0.2, 0.25) is 0 Å². The van der Waals surface area contributed by atoms with Gasteiger partial charge in [0, 0.05) is 53.2 Å². The lowest BCUT2D eigenvalue weighted by molar-refractivity contribution is -0.134. The smallest absolute Gasteiger partial charge is 0.249 e. The third-order valence-electron chi connectivity index (χ3n) is 7.60. The summed E-state index contributed by atoms with van der Waals surface area (Å²) in [5.41, 5.74) is 1.06. The minimum atomic E-state index is -0.606. The summed E-state index contributed by atoms with van der Waals surface area (Å²) >= 11 is 0. The van der Waals surface area contributed by atoms with E-state index < -0.39 is 17.8 Å². The number of piperazine rings is 1. The molecule has 3 fully saturated rings. The maximum atomic E-state index is 15.9. The van der Waals surface area contributed by atoms with Crippen molar-refractivity contribution < 1.29 is 18.8 Å². The van der Waals surface area contributed by atoms with E-state index >= 15 is 4.39 Å². The Kier molecular flexibility index (Phi) is 7.70. The van der Waals surface area contributed by atoms with E-state index in [-0.39, 0.29) is 18.0 Å². The van der Waals surface area contributed by atoms with Crippen molar-refractivity contribution in [3.05, 3.63) is 17.9 Å². The fourth-order valence-corrected chi connectivity index (χ4v) is 5.59. The van der Waals surface area contributed by atoms with Crippen LogP contribution in [0.15, 0.2) is 12.1 Å². The topological polar surface area (TPSA) is 76.2 Å². The Morgan fingerprint density at radius 2 is 1.76 bits per heavy atom. The Labute approximate surface area is 201 Å². The lowest BCUT2D eigenvalue weighted by atomic mass is 9.89. The van der Waals surface area contributed by atoms with E-state index in [9.17, 15) is 14.4 Å². The van der Waals surface area contributed by atoms with Crippen LogP contribution in [-0.2, 0) is 14.4 Å². The van der Waals surface area contributed by atoms with Crippen molar-refractivity contribution in [3.8, 4) is 0 Å². The van der Waals surface area contributed by atoms with E-state index in [1.807, 2.05) is 4.90 Å².